The number of carbonyl (C=O) groups is 3. The van der Waals surface area contributed by atoms with Crippen molar-refractivity contribution >= 4 is 23.7 Å². The van der Waals surface area contributed by atoms with Gasteiger partial charge in [-0.05, 0) is 18.1 Å². The standard InChI is InChI=1S/C27H30N4O4/c1-4-30-17-20-21-22(24(33)29(2)23(21)32)27(25(34)35-3,15-18-11-7-5-8-12-18)31(20)26(30)28-16-19-13-9-6-10-14-19/h5-14,20-22H,4,15-17H2,1-3H3/t20-,21+,22-,27-/m1/s1. The highest BCUT2D eigenvalue weighted by Gasteiger charge is 2.74. The molecule has 2 amide bonds. The van der Waals surface area contributed by atoms with Crippen LogP contribution < -0.4 is 0 Å². The fourth-order valence-electron chi connectivity index (χ4n) is 6.08. The molecule has 2 aromatic carbocycles. The predicted octanol–water partition coefficient (Wildman–Crippen LogP) is 1.95. The number of aliphatic imine (C=N–C) groups is 1. The number of hydrogen-bond donors (Lipinski definition) is 0. The van der Waals surface area contributed by atoms with Crippen LogP contribution in [0.15, 0.2) is 65.7 Å². The van der Waals surface area contributed by atoms with E-state index in [4.69, 9.17) is 9.73 Å². The van der Waals surface area contributed by atoms with Crippen LogP contribution in [0.25, 0.3) is 0 Å². The molecule has 3 saturated heterocycles. The van der Waals surface area contributed by atoms with Crippen LogP contribution in [-0.2, 0) is 32.1 Å². The molecule has 5 rings (SSSR count). The number of guanidine groups is 1. The number of carbonyl (C=O) groups excluding carboxylic acids is 3. The Balaban J connectivity index is 1.69. The van der Waals surface area contributed by atoms with E-state index in [1.807, 2.05) is 72.5 Å². The van der Waals surface area contributed by atoms with E-state index in [9.17, 15) is 14.4 Å². The molecular formula is C27H30N4O4. The zero-order chi connectivity index (χ0) is 24.7. The van der Waals surface area contributed by atoms with Gasteiger partial charge in [-0.25, -0.2) is 9.79 Å². The van der Waals surface area contributed by atoms with Crippen LogP contribution in [-0.4, -0.2) is 77.3 Å². The van der Waals surface area contributed by atoms with Gasteiger partial charge in [-0.15, -0.1) is 0 Å². The maximum Gasteiger partial charge on any atom is 0.333 e. The highest BCUT2D eigenvalue weighted by atomic mass is 16.5. The van der Waals surface area contributed by atoms with Gasteiger partial charge in [0.15, 0.2) is 11.5 Å². The number of ether oxygens (including phenoxy) is 1. The number of imide groups is 1. The number of nitrogens with zero attached hydrogens (tertiary/aromatic N) is 4. The Morgan fingerprint density at radius 1 is 1.03 bits per heavy atom. The van der Waals surface area contributed by atoms with E-state index >= 15 is 0 Å². The summed E-state index contributed by atoms with van der Waals surface area (Å²) >= 11 is 0. The van der Waals surface area contributed by atoms with Crippen molar-refractivity contribution in [3.8, 4) is 0 Å². The van der Waals surface area contributed by atoms with Gasteiger partial charge < -0.3 is 14.5 Å². The quantitative estimate of drug-likeness (QED) is 0.470. The second-order valence-electron chi connectivity index (χ2n) is 9.39. The van der Waals surface area contributed by atoms with E-state index < -0.39 is 23.3 Å². The molecule has 0 spiro atoms. The zero-order valence-corrected chi connectivity index (χ0v) is 20.3. The monoisotopic (exact) mass is 474 g/mol. The lowest BCUT2D eigenvalue weighted by Gasteiger charge is -2.40. The molecule has 8 heteroatoms. The van der Waals surface area contributed by atoms with E-state index in [-0.39, 0.29) is 24.3 Å². The maximum absolute atomic E-state index is 13.8. The fourth-order valence-corrected chi connectivity index (χ4v) is 6.08. The molecule has 0 unspecified atom stereocenters. The summed E-state index contributed by atoms with van der Waals surface area (Å²) in [6.45, 7) is 3.64. The van der Waals surface area contributed by atoms with Crippen molar-refractivity contribution in [3.63, 3.8) is 0 Å². The van der Waals surface area contributed by atoms with Crippen LogP contribution in [0.2, 0.25) is 0 Å². The van der Waals surface area contributed by atoms with Crippen molar-refractivity contribution in [1.82, 2.24) is 14.7 Å². The number of methoxy groups -OCH3 is 1. The van der Waals surface area contributed by atoms with E-state index in [1.165, 1.54) is 19.1 Å². The van der Waals surface area contributed by atoms with Gasteiger partial charge in [0.1, 0.15) is 0 Å². The summed E-state index contributed by atoms with van der Waals surface area (Å²) in [6.07, 6.45) is 0.243. The summed E-state index contributed by atoms with van der Waals surface area (Å²) in [5.41, 5.74) is 0.560. The van der Waals surface area contributed by atoms with Crippen LogP contribution in [0.3, 0.4) is 0 Å². The van der Waals surface area contributed by atoms with Crippen LogP contribution >= 0.6 is 0 Å². The zero-order valence-electron chi connectivity index (χ0n) is 20.3. The van der Waals surface area contributed by atoms with Crippen molar-refractivity contribution in [3.05, 3.63) is 71.8 Å². The van der Waals surface area contributed by atoms with E-state index in [2.05, 4.69) is 4.90 Å². The fraction of sp³-hybridized carbons (Fsp3) is 0.407. The lowest BCUT2D eigenvalue weighted by molar-refractivity contribution is -0.158. The van der Waals surface area contributed by atoms with Gasteiger partial charge in [-0.1, -0.05) is 60.7 Å². The number of amides is 2. The first-order valence-corrected chi connectivity index (χ1v) is 12.0. The molecule has 3 fully saturated rings. The Labute approximate surface area is 205 Å². The van der Waals surface area contributed by atoms with Gasteiger partial charge in [0.05, 0.1) is 31.5 Å². The molecule has 3 aliphatic rings. The Bertz CT molecular complexity index is 1170. The van der Waals surface area contributed by atoms with Crippen molar-refractivity contribution in [1.29, 1.82) is 0 Å². The van der Waals surface area contributed by atoms with E-state index in [1.54, 1.807) is 0 Å². The van der Waals surface area contributed by atoms with Gasteiger partial charge in [-0.3, -0.25) is 14.5 Å². The summed E-state index contributed by atoms with van der Waals surface area (Å²) < 4.78 is 5.39. The number of rotatable bonds is 6. The summed E-state index contributed by atoms with van der Waals surface area (Å²) in [6, 6.07) is 19.1. The number of hydrogen-bond acceptors (Lipinski definition) is 5. The molecule has 0 aliphatic carbocycles. The molecule has 2 aromatic rings. The van der Waals surface area contributed by atoms with Gasteiger partial charge in [0, 0.05) is 26.6 Å². The molecule has 3 aliphatic heterocycles. The maximum atomic E-state index is 13.8. The van der Waals surface area contributed by atoms with Crippen LogP contribution in [0.4, 0.5) is 0 Å². The topological polar surface area (TPSA) is 82.5 Å². The Hall–Kier alpha value is -3.68. The second kappa shape index (κ2) is 8.83. The molecule has 0 bridgehead atoms. The van der Waals surface area contributed by atoms with Crippen molar-refractivity contribution in [2.75, 3.05) is 27.2 Å². The van der Waals surface area contributed by atoms with Crippen LogP contribution in [0, 0.1) is 11.8 Å². The third kappa shape index (κ3) is 3.42. The first-order chi connectivity index (χ1) is 16.9. The molecule has 0 aromatic heterocycles. The smallest absolute Gasteiger partial charge is 0.333 e. The summed E-state index contributed by atoms with van der Waals surface area (Å²) in [4.78, 5) is 50.8. The normalized spacial score (nSPS) is 28.6. The molecule has 0 N–H and O–H groups in total. The Kier molecular flexibility index (Phi) is 5.83. The van der Waals surface area contributed by atoms with Crippen molar-refractivity contribution < 1.29 is 19.1 Å². The molecular weight excluding hydrogens is 444 g/mol. The van der Waals surface area contributed by atoms with Gasteiger partial charge in [-0.2, -0.15) is 0 Å². The summed E-state index contributed by atoms with van der Waals surface area (Å²) in [7, 11) is 2.85. The number of benzene rings is 2. The van der Waals surface area contributed by atoms with Crippen LogP contribution in [0.5, 0.6) is 0 Å². The molecule has 3 heterocycles. The highest BCUT2D eigenvalue weighted by molar-refractivity contribution is 6.11. The van der Waals surface area contributed by atoms with Crippen molar-refractivity contribution in [2.45, 2.75) is 31.5 Å². The number of likely N-dealkylation sites (tertiary alicyclic amines) is 1. The second-order valence-corrected chi connectivity index (χ2v) is 9.39. The number of fused-ring (bicyclic) bond motifs is 3. The summed E-state index contributed by atoms with van der Waals surface area (Å²) in [5.74, 6) is -1.91. The van der Waals surface area contributed by atoms with Gasteiger partial charge >= 0.3 is 5.97 Å². The van der Waals surface area contributed by atoms with Crippen molar-refractivity contribution in [2.24, 2.45) is 16.8 Å². The Morgan fingerprint density at radius 3 is 2.26 bits per heavy atom. The van der Waals surface area contributed by atoms with Gasteiger partial charge in [0.2, 0.25) is 11.8 Å². The SMILES string of the molecule is CCN1C[C@@H]2[C@@H]3C(=O)N(C)C(=O)[C@@H]3[C@](Cc3ccccc3)(C(=O)OC)N2C1=NCc1ccccc1. The highest BCUT2D eigenvalue weighted by Crippen LogP contribution is 2.53. The lowest BCUT2D eigenvalue weighted by Crippen LogP contribution is -2.61. The molecule has 4 atom stereocenters. The molecule has 182 valence electrons. The average Bonchev–Trinajstić information content (AvgIpc) is 3.47. The number of likely N-dealkylation sites (N-methyl/N-ethyl adjacent to an activating group) is 1. The van der Waals surface area contributed by atoms with Gasteiger partial charge in [0.25, 0.3) is 0 Å². The third-order valence-electron chi connectivity index (χ3n) is 7.65. The molecule has 0 radical (unpaired) electrons. The molecule has 0 saturated carbocycles. The average molecular weight is 475 g/mol. The third-order valence-corrected chi connectivity index (χ3v) is 7.65. The number of esters is 1. The van der Waals surface area contributed by atoms with Crippen LogP contribution in [0.1, 0.15) is 18.1 Å². The minimum absolute atomic E-state index is 0.241. The minimum atomic E-state index is -1.37. The van der Waals surface area contributed by atoms with E-state index in [0.29, 0.717) is 25.6 Å². The first kappa shape index (κ1) is 23.1. The summed E-state index contributed by atoms with van der Waals surface area (Å²) in [5, 5.41) is 0. The van der Waals surface area contributed by atoms with E-state index in [0.717, 1.165) is 11.1 Å². The first-order valence-electron chi connectivity index (χ1n) is 12.0. The largest absolute Gasteiger partial charge is 0.467 e. The molecule has 8 nitrogen and oxygen atoms in total. The minimum Gasteiger partial charge on any atom is -0.467 e. The molecule has 35 heavy (non-hydrogen) atoms. The predicted molar refractivity (Wildman–Crippen MR) is 130 cm³/mol. The Morgan fingerprint density at radius 2 is 1.66 bits per heavy atom. The lowest BCUT2D eigenvalue weighted by atomic mass is 9.76.